The van der Waals surface area contributed by atoms with Crippen LogP contribution in [0.15, 0.2) is 46.9 Å². The Morgan fingerprint density at radius 1 is 1.21 bits per heavy atom. The molecule has 1 amide bonds. The van der Waals surface area contributed by atoms with Crippen molar-refractivity contribution in [3.8, 4) is 0 Å². The number of aliphatic hydroxyl groups excluding tert-OH is 1. The Balaban J connectivity index is 1.98. The van der Waals surface area contributed by atoms with Gasteiger partial charge in [-0.3, -0.25) is 4.79 Å². The van der Waals surface area contributed by atoms with Crippen molar-refractivity contribution in [3.05, 3.63) is 63.6 Å². The van der Waals surface area contributed by atoms with E-state index in [0.29, 0.717) is 16.8 Å². The Hall–Kier alpha value is -2.18. The van der Waals surface area contributed by atoms with Crippen molar-refractivity contribution in [2.24, 2.45) is 0 Å². The summed E-state index contributed by atoms with van der Waals surface area (Å²) in [5, 5.41) is 11.7. The molecule has 2 N–H and O–H groups in total. The van der Waals surface area contributed by atoms with Gasteiger partial charge in [-0.25, -0.2) is 4.79 Å². The van der Waals surface area contributed by atoms with Crippen LogP contribution in [0.4, 0.5) is 5.69 Å². The van der Waals surface area contributed by atoms with Crippen LogP contribution in [0.2, 0.25) is 0 Å². The second-order valence-corrected chi connectivity index (χ2v) is 6.23. The van der Waals surface area contributed by atoms with Crippen LogP contribution < -0.4 is 5.32 Å². The van der Waals surface area contributed by atoms with E-state index in [4.69, 9.17) is 9.84 Å². The van der Waals surface area contributed by atoms with Gasteiger partial charge in [0.1, 0.15) is 0 Å². The topological polar surface area (TPSA) is 75.6 Å². The number of anilines is 1. The second kappa shape index (κ2) is 8.08. The molecule has 24 heavy (non-hydrogen) atoms. The van der Waals surface area contributed by atoms with Crippen molar-refractivity contribution in [2.45, 2.75) is 26.6 Å². The average molecular weight is 392 g/mol. The molecule has 0 fully saturated rings. The molecule has 0 radical (unpaired) electrons. The first-order chi connectivity index (χ1) is 11.4. The molecule has 1 atom stereocenters. The summed E-state index contributed by atoms with van der Waals surface area (Å²) in [6.45, 7) is 3.36. The minimum atomic E-state index is -0.941. The Labute approximate surface area is 148 Å². The summed E-state index contributed by atoms with van der Waals surface area (Å²) in [6, 6.07) is 11.9. The van der Waals surface area contributed by atoms with Gasteiger partial charge in [-0.2, -0.15) is 0 Å². The predicted molar refractivity (Wildman–Crippen MR) is 94.8 cm³/mol. The smallest absolute Gasteiger partial charge is 0.338 e. The zero-order valence-electron chi connectivity index (χ0n) is 13.4. The Bertz CT molecular complexity index is 743. The number of nitrogens with one attached hydrogen (secondary N) is 1. The van der Waals surface area contributed by atoms with E-state index in [0.717, 1.165) is 10.0 Å². The highest BCUT2D eigenvalue weighted by molar-refractivity contribution is 9.10. The van der Waals surface area contributed by atoms with Crippen LogP contribution in [0.1, 0.15) is 28.4 Å². The standard InChI is InChI=1S/C18H18BrNO4/c1-11-3-8-16(15(19)9-11)20-17(22)12(2)24-18(23)14-6-4-13(10-21)5-7-14/h3-9,12,21H,10H2,1-2H3,(H,20,22)/t12-/m0/s1. The third-order valence-corrected chi connectivity index (χ3v) is 4.06. The zero-order valence-corrected chi connectivity index (χ0v) is 15.0. The Morgan fingerprint density at radius 3 is 2.46 bits per heavy atom. The number of hydrogen-bond acceptors (Lipinski definition) is 4. The first-order valence-corrected chi connectivity index (χ1v) is 8.18. The molecule has 2 aromatic rings. The lowest BCUT2D eigenvalue weighted by atomic mass is 10.1. The quantitative estimate of drug-likeness (QED) is 0.765. The molecule has 0 aliphatic heterocycles. The van der Waals surface area contributed by atoms with E-state index in [2.05, 4.69) is 21.2 Å². The van der Waals surface area contributed by atoms with Gasteiger partial charge < -0.3 is 15.2 Å². The fourth-order valence-corrected chi connectivity index (χ4v) is 2.58. The highest BCUT2D eigenvalue weighted by atomic mass is 79.9. The normalized spacial score (nSPS) is 11.7. The van der Waals surface area contributed by atoms with E-state index in [1.54, 1.807) is 30.3 Å². The first kappa shape index (κ1) is 18.2. The van der Waals surface area contributed by atoms with Crippen molar-refractivity contribution in [2.75, 3.05) is 5.32 Å². The van der Waals surface area contributed by atoms with E-state index in [1.165, 1.54) is 6.92 Å². The first-order valence-electron chi connectivity index (χ1n) is 7.38. The summed E-state index contributed by atoms with van der Waals surface area (Å²) in [6.07, 6.45) is -0.941. The molecule has 0 aliphatic carbocycles. The van der Waals surface area contributed by atoms with E-state index in [-0.39, 0.29) is 6.61 Å². The third-order valence-electron chi connectivity index (χ3n) is 3.41. The number of hydrogen-bond donors (Lipinski definition) is 2. The third kappa shape index (κ3) is 4.66. The lowest BCUT2D eigenvalue weighted by molar-refractivity contribution is -0.123. The van der Waals surface area contributed by atoms with E-state index < -0.39 is 18.0 Å². The van der Waals surface area contributed by atoms with Crippen LogP contribution in [-0.4, -0.2) is 23.1 Å². The van der Waals surface area contributed by atoms with Gasteiger partial charge in [-0.15, -0.1) is 0 Å². The van der Waals surface area contributed by atoms with E-state index in [9.17, 15) is 9.59 Å². The molecule has 2 rings (SSSR count). The van der Waals surface area contributed by atoms with Gasteiger partial charge in [0.15, 0.2) is 6.10 Å². The van der Waals surface area contributed by atoms with Gasteiger partial charge in [0.2, 0.25) is 0 Å². The van der Waals surface area contributed by atoms with Crippen LogP contribution in [-0.2, 0) is 16.1 Å². The summed E-state index contributed by atoms with van der Waals surface area (Å²) in [7, 11) is 0. The average Bonchev–Trinajstić information content (AvgIpc) is 2.57. The largest absolute Gasteiger partial charge is 0.449 e. The lowest BCUT2D eigenvalue weighted by Crippen LogP contribution is -2.30. The molecule has 0 spiro atoms. The van der Waals surface area contributed by atoms with Crippen LogP contribution in [0, 0.1) is 6.92 Å². The molecule has 5 nitrogen and oxygen atoms in total. The summed E-state index contributed by atoms with van der Waals surface area (Å²) in [5.41, 5.74) is 2.69. The molecule has 0 unspecified atom stereocenters. The number of esters is 1. The maximum atomic E-state index is 12.2. The number of ether oxygens (including phenoxy) is 1. The molecule has 0 saturated carbocycles. The highest BCUT2D eigenvalue weighted by Gasteiger charge is 2.19. The van der Waals surface area contributed by atoms with Gasteiger partial charge >= 0.3 is 5.97 Å². The van der Waals surface area contributed by atoms with Crippen molar-refractivity contribution >= 4 is 33.5 Å². The monoisotopic (exact) mass is 391 g/mol. The van der Waals surface area contributed by atoms with Crippen molar-refractivity contribution < 1.29 is 19.4 Å². The number of rotatable bonds is 5. The molecule has 0 bridgehead atoms. The summed E-state index contributed by atoms with van der Waals surface area (Å²) < 4.78 is 5.94. The number of aryl methyl sites for hydroxylation is 1. The molecular weight excluding hydrogens is 374 g/mol. The number of amides is 1. The van der Waals surface area contributed by atoms with Gasteiger partial charge in [-0.1, -0.05) is 18.2 Å². The summed E-state index contributed by atoms with van der Waals surface area (Å²) >= 11 is 3.38. The van der Waals surface area contributed by atoms with Crippen molar-refractivity contribution in [1.29, 1.82) is 0 Å². The van der Waals surface area contributed by atoms with E-state index in [1.807, 2.05) is 19.1 Å². The number of aliphatic hydroxyl groups is 1. The maximum absolute atomic E-state index is 12.2. The Kier molecular flexibility index (Phi) is 6.11. The lowest BCUT2D eigenvalue weighted by Gasteiger charge is -2.14. The maximum Gasteiger partial charge on any atom is 0.338 e. The van der Waals surface area contributed by atoms with Crippen LogP contribution in [0.5, 0.6) is 0 Å². The zero-order chi connectivity index (χ0) is 17.7. The van der Waals surface area contributed by atoms with Crippen LogP contribution in [0.3, 0.4) is 0 Å². The van der Waals surface area contributed by atoms with Crippen LogP contribution >= 0.6 is 15.9 Å². The molecule has 0 aliphatic rings. The molecule has 6 heteroatoms. The minimum absolute atomic E-state index is 0.0977. The van der Waals surface area contributed by atoms with Gasteiger partial charge in [0.25, 0.3) is 5.91 Å². The number of benzene rings is 2. The number of halogens is 1. The fourth-order valence-electron chi connectivity index (χ4n) is 1.98. The fraction of sp³-hybridized carbons (Fsp3) is 0.222. The van der Waals surface area contributed by atoms with Gasteiger partial charge in [-0.05, 0) is 65.2 Å². The molecule has 0 saturated heterocycles. The number of carbonyl (C=O) groups excluding carboxylic acids is 2. The highest BCUT2D eigenvalue weighted by Crippen LogP contribution is 2.23. The summed E-state index contributed by atoms with van der Waals surface area (Å²) in [4.78, 5) is 24.2. The Morgan fingerprint density at radius 2 is 1.88 bits per heavy atom. The summed E-state index contributed by atoms with van der Waals surface area (Å²) in [5.74, 6) is -1.01. The molecule has 0 aromatic heterocycles. The molecule has 126 valence electrons. The van der Waals surface area contributed by atoms with E-state index >= 15 is 0 Å². The SMILES string of the molecule is Cc1ccc(NC(=O)[C@H](C)OC(=O)c2ccc(CO)cc2)c(Br)c1. The van der Waals surface area contributed by atoms with Gasteiger partial charge in [0.05, 0.1) is 17.9 Å². The van der Waals surface area contributed by atoms with Gasteiger partial charge in [0, 0.05) is 4.47 Å². The molecule has 2 aromatic carbocycles. The predicted octanol–water partition coefficient (Wildman–Crippen LogP) is 3.43. The second-order valence-electron chi connectivity index (χ2n) is 5.38. The number of carbonyl (C=O) groups is 2. The van der Waals surface area contributed by atoms with Crippen LogP contribution in [0.25, 0.3) is 0 Å². The van der Waals surface area contributed by atoms with Crippen molar-refractivity contribution in [1.82, 2.24) is 0 Å². The minimum Gasteiger partial charge on any atom is -0.449 e. The molecule has 0 heterocycles. The van der Waals surface area contributed by atoms with Crippen molar-refractivity contribution in [3.63, 3.8) is 0 Å². The molecular formula is C18H18BrNO4.